The molecule has 0 aliphatic carbocycles. The SMILES string of the molecule is CCOC(=O)CC(=O)c1ccc(O)c(C)c1O. The van der Waals surface area contributed by atoms with Gasteiger partial charge >= 0.3 is 5.97 Å². The summed E-state index contributed by atoms with van der Waals surface area (Å²) in [4.78, 5) is 22.8. The van der Waals surface area contributed by atoms with Gasteiger partial charge in [-0.2, -0.15) is 0 Å². The van der Waals surface area contributed by atoms with Gasteiger partial charge in [0.15, 0.2) is 5.78 Å². The molecule has 0 amide bonds. The van der Waals surface area contributed by atoms with E-state index >= 15 is 0 Å². The highest BCUT2D eigenvalue weighted by Crippen LogP contribution is 2.30. The Bertz CT molecular complexity index is 450. The van der Waals surface area contributed by atoms with Crippen LogP contribution in [-0.2, 0) is 9.53 Å². The van der Waals surface area contributed by atoms with Crippen LogP contribution in [0.2, 0.25) is 0 Å². The third-order valence-electron chi connectivity index (χ3n) is 2.31. The second-order valence-corrected chi connectivity index (χ2v) is 3.51. The summed E-state index contributed by atoms with van der Waals surface area (Å²) >= 11 is 0. The summed E-state index contributed by atoms with van der Waals surface area (Å²) in [6, 6.07) is 2.58. The van der Waals surface area contributed by atoms with Crippen molar-refractivity contribution < 1.29 is 24.5 Å². The predicted octanol–water partition coefficient (Wildman–Crippen LogP) is 1.54. The molecule has 0 atom stereocenters. The van der Waals surface area contributed by atoms with E-state index in [4.69, 9.17) is 0 Å². The van der Waals surface area contributed by atoms with Crippen LogP contribution in [0.1, 0.15) is 29.3 Å². The Balaban J connectivity index is 2.90. The quantitative estimate of drug-likeness (QED) is 0.472. The number of phenolic OH excluding ortho intramolecular Hbond substituents is 2. The van der Waals surface area contributed by atoms with Crippen LogP contribution in [0.3, 0.4) is 0 Å². The molecule has 0 bridgehead atoms. The summed E-state index contributed by atoms with van der Waals surface area (Å²) in [6.07, 6.45) is -0.425. The number of Topliss-reactive ketones (excluding diaryl/α,β-unsaturated/α-hetero) is 1. The van der Waals surface area contributed by atoms with Crippen LogP contribution in [0.4, 0.5) is 0 Å². The Kier molecular flexibility index (Phi) is 4.09. The molecule has 0 saturated carbocycles. The summed E-state index contributed by atoms with van der Waals surface area (Å²) in [5.41, 5.74) is 0.216. The average Bonchev–Trinajstić information content (AvgIpc) is 2.26. The fourth-order valence-electron chi connectivity index (χ4n) is 1.35. The third kappa shape index (κ3) is 2.96. The molecular formula is C12H14O5. The lowest BCUT2D eigenvalue weighted by atomic mass is 10.0. The molecule has 0 heterocycles. The van der Waals surface area contributed by atoms with E-state index in [0.717, 1.165) is 0 Å². The van der Waals surface area contributed by atoms with Crippen LogP contribution in [-0.4, -0.2) is 28.6 Å². The lowest BCUT2D eigenvalue weighted by Crippen LogP contribution is -2.11. The molecule has 2 N–H and O–H groups in total. The maximum Gasteiger partial charge on any atom is 0.313 e. The fourth-order valence-corrected chi connectivity index (χ4v) is 1.35. The lowest BCUT2D eigenvalue weighted by molar-refractivity contribution is -0.141. The van der Waals surface area contributed by atoms with Crippen molar-refractivity contribution in [2.24, 2.45) is 0 Å². The zero-order valence-corrected chi connectivity index (χ0v) is 9.69. The minimum atomic E-state index is -0.636. The van der Waals surface area contributed by atoms with Gasteiger partial charge in [-0.25, -0.2) is 0 Å². The van der Waals surface area contributed by atoms with Crippen LogP contribution in [0.15, 0.2) is 12.1 Å². The normalized spacial score (nSPS) is 10.0. The number of phenols is 2. The second-order valence-electron chi connectivity index (χ2n) is 3.51. The molecule has 1 aromatic rings. The maximum absolute atomic E-state index is 11.7. The first-order valence-corrected chi connectivity index (χ1v) is 5.17. The minimum Gasteiger partial charge on any atom is -0.508 e. The zero-order valence-electron chi connectivity index (χ0n) is 9.69. The van der Waals surface area contributed by atoms with Crippen molar-refractivity contribution in [3.05, 3.63) is 23.3 Å². The van der Waals surface area contributed by atoms with E-state index in [1.165, 1.54) is 19.1 Å². The van der Waals surface area contributed by atoms with Gasteiger partial charge in [-0.3, -0.25) is 9.59 Å². The Morgan fingerprint density at radius 1 is 1.29 bits per heavy atom. The van der Waals surface area contributed by atoms with Gasteiger partial charge in [0.1, 0.15) is 17.9 Å². The van der Waals surface area contributed by atoms with Crippen LogP contribution in [0.25, 0.3) is 0 Å². The molecule has 1 rings (SSSR count). The number of ether oxygens (including phenoxy) is 1. The van der Waals surface area contributed by atoms with Crippen LogP contribution in [0, 0.1) is 6.92 Å². The molecule has 0 aliphatic heterocycles. The van der Waals surface area contributed by atoms with Crippen LogP contribution < -0.4 is 0 Å². The van der Waals surface area contributed by atoms with Crippen molar-refractivity contribution in [1.29, 1.82) is 0 Å². The van der Waals surface area contributed by atoms with E-state index in [1.807, 2.05) is 0 Å². The number of carbonyl (C=O) groups is 2. The molecular weight excluding hydrogens is 224 g/mol. The fraction of sp³-hybridized carbons (Fsp3) is 0.333. The minimum absolute atomic E-state index is 0.00773. The second kappa shape index (κ2) is 5.34. The number of rotatable bonds is 4. The first-order chi connectivity index (χ1) is 7.97. The molecule has 17 heavy (non-hydrogen) atoms. The summed E-state index contributed by atoms with van der Waals surface area (Å²) < 4.78 is 4.64. The van der Waals surface area contributed by atoms with E-state index in [1.54, 1.807) is 6.92 Å². The van der Waals surface area contributed by atoms with E-state index in [-0.39, 0.29) is 29.2 Å². The highest BCUT2D eigenvalue weighted by molar-refractivity contribution is 6.07. The van der Waals surface area contributed by atoms with Gasteiger partial charge in [0, 0.05) is 5.56 Å². The molecule has 0 aliphatic rings. The number of aromatic hydroxyl groups is 2. The van der Waals surface area contributed by atoms with Crippen molar-refractivity contribution in [3.63, 3.8) is 0 Å². The standard InChI is InChI=1S/C12H14O5/c1-3-17-11(15)6-10(14)8-4-5-9(13)7(2)12(8)16/h4-5,13,16H,3,6H2,1-2H3. The number of ketones is 1. The van der Waals surface area contributed by atoms with Crippen molar-refractivity contribution in [3.8, 4) is 11.5 Å². The van der Waals surface area contributed by atoms with Gasteiger partial charge in [0.2, 0.25) is 0 Å². The molecule has 1 aromatic carbocycles. The van der Waals surface area contributed by atoms with Gasteiger partial charge in [0.05, 0.1) is 12.2 Å². The van der Waals surface area contributed by atoms with Gasteiger partial charge in [-0.1, -0.05) is 0 Å². The molecule has 0 radical (unpaired) electrons. The lowest BCUT2D eigenvalue weighted by Gasteiger charge is -2.07. The average molecular weight is 238 g/mol. The maximum atomic E-state index is 11.7. The summed E-state index contributed by atoms with van der Waals surface area (Å²) in [5, 5.41) is 19.0. The number of hydrogen-bond acceptors (Lipinski definition) is 5. The highest BCUT2D eigenvalue weighted by atomic mass is 16.5. The van der Waals surface area contributed by atoms with Gasteiger partial charge in [-0.05, 0) is 26.0 Å². The van der Waals surface area contributed by atoms with Crippen molar-refractivity contribution in [2.45, 2.75) is 20.3 Å². The highest BCUT2D eigenvalue weighted by Gasteiger charge is 2.18. The van der Waals surface area contributed by atoms with Crippen molar-refractivity contribution in [2.75, 3.05) is 6.61 Å². The Morgan fingerprint density at radius 2 is 1.94 bits per heavy atom. The molecule has 92 valence electrons. The Labute approximate surface area is 98.6 Å². The molecule has 0 aromatic heterocycles. The molecule has 0 unspecified atom stereocenters. The number of carbonyl (C=O) groups excluding carboxylic acids is 2. The summed E-state index contributed by atoms with van der Waals surface area (Å²) in [7, 11) is 0. The van der Waals surface area contributed by atoms with Gasteiger partial charge < -0.3 is 14.9 Å². The first kappa shape index (κ1) is 13.0. The predicted molar refractivity (Wildman–Crippen MR) is 60.1 cm³/mol. The third-order valence-corrected chi connectivity index (χ3v) is 2.31. The molecule has 0 fully saturated rings. The van der Waals surface area contributed by atoms with Crippen LogP contribution in [0.5, 0.6) is 11.5 Å². The van der Waals surface area contributed by atoms with Gasteiger partial charge in [0.25, 0.3) is 0 Å². The molecule has 0 spiro atoms. The van der Waals surface area contributed by atoms with Gasteiger partial charge in [-0.15, -0.1) is 0 Å². The summed E-state index contributed by atoms with van der Waals surface area (Å²) in [5.74, 6) is -1.58. The number of hydrogen-bond donors (Lipinski definition) is 2. The van der Waals surface area contributed by atoms with E-state index < -0.39 is 18.2 Å². The molecule has 5 heteroatoms. The summed E-state index contributed by atoms with van der Waals surface area (Å²) in [6.45, 7) is 3.32. The zero-order chi connectivity index (χ0) is 13.0. The Hall–Kier alpha value is -2.04. The van der Waals surface area contributed by atoms with Crippen molar-refractivity contribution in [1.82, 2.24) is 0 Å². The van der Waals surface area contributed by atoms with Crippen LogP contribution >= 0.6 is 0 Å². The first-order valence-electron chi connectivity index (χ1n) is 5.17. The molecule has 5 nitrogen and oxygen atoms in total. The van der Waals surface area contributed by atoms with E-state index in [2.05, 4.69) is 4.74 Å². The smallest absolute Gasteiger partial charge is 0.313 e. The number of esters is 1. The molecule has 0 saturated heterocycles. The monoisotopic (exact) mass is 238 g/mol. The Morgan fingerprint density at radius 3 is 2.53 bits per heavy atom. The van der Waals surface area contributed by atoms with Crippen molar-refractivity contribution >= 4 is 11.8 Å². The van der Waals surface area contributed by atoms with E-state index in [0.29, 0.717) is 0 Å². The topological polar surface area (TPSA) is 83.8 Å². The largest absolute Gasteiger partial charge is 0.508 e. The number of benzene rings is 1. The van der Waals surface area contributed by atoms with E-state index in [9.17, 15) is 19.8 Å².